The molecule has 6 rings (SSSR count). The van der Waals surface area contributed by atoms with E-state index in [2.05, 4.69) is 26.6 Å². The Morgan fingerprint density at radius 2 is 1.64 bits per heavy atom. The third-order valence-corrected chi connectivity index (χ3v) is 8.09. The summed E-state index contributed by atoms with van der Waals surface area (Å²) in [6.07, 6.45) is 1.95. The molecule has 0 bridgehead atoms. The summed E-state index contributed by atoms with van der Waals surface area (Å²) >= 11 is 7.68. The summed E-state index contributed by atoms with van der Waals surface area (Å²) in [4.78, 5) is 17.1. The fourth-order valence-corrected chi connectivity index (χ4v) is 5.71. The largest absolute Gasteiger partial charge is 0.360 e. The van der Waals surface area contributed by atoms with E-state index in [0.29, 0.717) is 21.7 Å². The maximum absolute atomic E-state index is 13.7. The zero-order valence-corrected chi connectivity index (χ0v) is 22.6. The van der Waals surface area contributed by atoms with Crippen molar-refractivity contribution in [1.29, 1.82) is 0 Å². The van der Waals surface area contributed by atoms with Gasteiger partial charge in [0, 0.05) is 39.1 Å². The molecule has 2 heterocycles. The number of para-hydroxylation sites is 2. The summed E-state index contributed by atoms with van der Waals surface area (Å²) in [5.74, 6) is 0.515. The number of anilines is 1. The molecule has 0 radical (unpaired) electrons. The Bertz CT molecular complexity index is 1760. The topological polar surface area (TPSA) is 75.6 Å². The van der Waals surface area contributed by atoms with Crippen LogP contribution < -0.4 is 5.32 Å². The molecule has 8 heteroatoms. The fourth-order valence-electron chi connectivity index (χ4n) is 4.47. The average molecular weight is 550 g/mol. The number of amides is 1. The van der Waals surface area contributed by atoms with Gasteiger partial charge in [-0.05, 0) is 48.4 Å². The first-order valence-electron chi connectivity index (χ1n) is 12.4. The lowest BCUT2D eigenvalue weighted by molar-refractivity contribution is -0.115. The number of nitrogens with one attached hydrogen (secondary N) is 2. The van der Waals surface area contributed by atoms with Gasteiger partial charge in [0.25, 0.3) is 0 Å². The fraction of sp³-hybridized carbons (Fsp3) is 0.0645. The van der Waals surface area contributed by atoms with E-state index in [1.807, 2.05) is 109 Å². The van der Waals surface area contributed by atoms with Gasteiger partial charge in [0.15, 0.2) is 11.0 Å². The second kappa shape index (κ2) is 10.8. The van der Waals surface area contributed by atoms with Crippen molar-refractivity contribution in [1.82, 2.24) is 19.7 Å². The Labute approximate surface area is 235 Å². The highest BCUT2D eigenvalue weighted by atomic mass is 35.5. The van der Waals surface area contributed by atoms with Crippen LogP contribution in [-0.4, -0.2) is 25.7 Å². The molecule has 0 saturated carbocycles. The molecule has 0 fully saturated rings. The van der Waals surface area contributed by atoms with Crippen LogP contribution in [0.25, 0.3) is 28.0 Å². The van der Waals surface area contributed by atoms with Crippen LogP contribution >= 0.6 is 23.4 Å². The Balaban J connectivity index is 1.43. The number of hydrogen-bond donors (Lipinski definition) is 2. The summed E-state index contributed by atoms with van der Waals surface area (Å²) in [5, 5.41) is 13.9. The van der Waals surface area contributed by atoms with Gasteiger partial charge in [-0.15, -0.1) is 10.2 Å². The molecule has 2 N–H and O–H groups in total. The Morgan fingerprint density at radius 3 is 2.41 bits per heavy atom. The van der Waals surface area contributed by atoms with Crippen LogP contribution in [0.15, 0.2) is 114 Å². The predicted molar refractivity (Wildman–Crippen MR) is 159 cm³/mol. The highest BCUT2D eigenvalue weighted by Crippen LogP contribution is 2.39. The molecule has 6 nitrogen and oxygen atoms in total. The number of fused-ring (bicyclic) bond motifs is 1. The van der Waals surface area contributed by atoms with Gasteiger partial charge in [0.2, 0.25) is 5.91 Å². The van der Waals surface area contributed by atoms with Gasteiger partial charge in [0.05, 0.1) is 0 Å². The Morgan fingerprint density at radius 1 is 0.923 bits per heavy atom. The van der Waals surface area contributed by atoms with Crippen LogP contribution in [0.1, 0.15) is 16.4 Å². The zero-order valence-electron chi connectivity index (χ0n) is 21.0. The molecule has 1 atom stereocenters. The van der Waals surface area contributed by atoms with Crippen LogP contribution in [0.4, 0.5) is 5.69 Å². The Kier molecular flexibility index (Phi) is 6.92. The molecule has 0 aliphatic heterocycles. The van der Waals surface area contributed by atoms with Crippen molar-refractivity contribution in [2.45, 2.75) is 17.3 Å². The number of nitrogens with zero attached hydrogens (tertiary/aromatic N) is 3. The second-order valence-corrected chi connectivity index (χ2v) is 10.6. The van der Waals surface area contributed by atoms with Crippen LogP contribution in [-0.2, 0) is 4.79 Å². The molecule has 1 unspecified atom stereocenters. The van der Waals surface area contributed by atoms with Gasteiger partial charge in [-0.2, -0.15) is 0 Å². The first kappa shape index (κ1) is 25.0. The van der Waals surface area contributed by atoms with Crippen molar-refractivity contribution in [2.75, 3.05) is 5.32 Å². The number of aryl methyl sites for hydroxylation is 1. The third kappa shape index (κ3) is 5.06. The monoisotopic (exact) mass is 549 g/mol. The molecular formula is C31H24ClN5OS. The first-order valence-corrected chi connectivity index (χ1v) is 13.7. The summed E-state index contributed by atoms with van der Waals surface area (Å²) in [5.41, 5.74) is 5.30. The van der Waals surface area contributed by atoms with Gasteiger partial charge >= 0.3 is 0 Å². The first-order chi connectivity index (χ1) is 19.1. The van der Waals surface area contributed by atoms with Crippen molar-refractivity contribution in [3.05, 3.63) is 125 Å². The minimum Gasteiger partial charge on any atom is -0.360 e. The molecule has 39 heavy (non-hydrogen) atoms. The number of thioether (sulfide) groups is 1. The van der Waals surface area contributed by atoms with E-state index in [1.165, 1.54) is 11.8 Å². The number of H-pyrrole nitrogens is 1. The van der Waals surface area contributed by atoms with Crippen molar-refractivity contribution < 1.29 is 4.79 Å². The molecule has 6 aromatic rings. The molecule has 1 amide bonds. The SMILES string of the molecule is Cc1ccc(NC(=O)C(Sc2nnc(-c3c[nH]c4ccccc34)n2-c2ccccc2)c2ccccc2)cc1Cl. The lowest BCUT2D eigenvalue weighted by Gasteiger charge is -2.18. The van der Waals surface area contributed by atoms with Gasteiger partial charge in [-0.25, -0.2) is 0 Å². The van der Waals surface area contributed by atoms with Crippen molar-refractivity contribution in [3.8, 4) is 17.1 Å². The molecule has 2 aromatic heterocycles. The molecule has 0 aliphatic carbocycles. The molecule has 0 aliphatic rings. The van der Waals surface area contributed by atoms with Gasteiger partial charge in [0.1, 0.15) is 5.25 Å². The second-order valence-electron chi connectivity index (χ2n) is 9.09. The number of benzene rings is 4. The molecule has 0 saturated heterocycles. The van der Waals surface area contributed by atoms with Crippen molar-refractivity contribution in [2.24, 2.45) is 0 Å². The van der Waals surface area contributed by atoms with E-state index >= 15 is 0 Å². The molecule has 192 valence electrons. The van der Waals surface area contributed by atoms with Crippen LogP contribution in [0, 0.1) is 6.92 Å². The van der Waals surface area contributed by atoms with E-state index in [9.17, 15) is 4.79 Å². The number of carbonyl (C=O) groups excluding carboxylic acids is 1. The summed E-state index contributed by atoms with van der Waals surface area (Å²) < 4.78 is 2.01. The van der Waals surface area contributed by atoms with E-state index in [1.54, 1.807) is 6.07 Å². The third-order valence-electron chi connectivity index (χ3n) is 6.48. The highest BCUT2D eigenvalue weighted by Gasteiger charge is 2.27. The Hall–Kier alpha value is -4.33. The van der Waals surface area contributed by atoms with Crippen molar-refractivity contribution in [3.63, 3.8) is 0 Å². The van der Waals surface area contributed by atoms with E-state index < -0.39 is 5.25 Å². The predicted octanol–water partition coefficient (Wildman–Crippen LogP) is 7.85. The smallest absolute Gasteiger partial charge is 0.242 e. The van der Waals surface area contributed by atoms with Crippen molar-refractivity contribution >= 4 is 45.9 Å². The van der Waals surface area contributed by atoms with Crippen LogP contribution in [0.2, 0.25) is 5.02 Å². The lowest BCUT2D eigenvalue weighted by Crippen LogP contribution is -2.19. The van der Waals surface area contributed by atoms with E-state index in [-0.39, 0.29) is 5.91 Å². The number of halogens is 1. The lowest BCUT2D eigenvalue weighted by atomic mass is 10.1. The maximum atomic E-state index is 13.7. The molecule has 0 spiro atoms. The van der Waals surface area contributed by atoms with E-state index in [4.69, 9.17) is 11.6 Å². The van der Waals surface area contributed by atoms with E-state index in [0.717, 1.165) is 33.3 Å². The minimum absolute atomic E-state index is 0.178. The standard InChI is InChI=1S/C31H24ClN5OS/c1-20-16-17-22(18-26(20)32)34-30(38)28(21-10-4-2-5-11-21)39-31-36-35-29(37(31)23-12-6-3-7-13-23)25-19-33-27-15-9-8-14-24(25)27/h2-19,28,33H,1H3,(H,34,38). The maximum Gasteiger partial charge on any atom is 0.242 e. The zero-order chi connectivity index (χ0) is 26.8. The summed E-state index contributed by atoms with van der Waals surface area (Å²) in [6, 6.07) is 33.2. The number of aromatic amines is 1. The van der Waals surface area contributed by atoms with Crippen LogP contribution in [0.5, 0.6) is 0 Å². The van der Waals surface area contributed by atoms with Gasteiger partial charge < -0.3 is 10.3 Å². The minimum atomic E-state index is -0.589. The number of rotatable bonds is 7. The number of hydrogen-bond acceptors (Lipinski definition) is 4. The van der Waals surface area contributed by atoms with Gasteiger partial charge in [-0.3, -0.25) is 9.36 Å². The number of carbonyl (C=O) groups is 1. The van der Waals surface area contributed by atoms with Gasteiger partial charge in [-0.1, -0.05) is 96.2 Å². The number of aromatic nitrogens is 4. The summed E-state index contributed by atoms with van der Waals surface area (Å²) in [6.45, 7) is 1.93. The normalized spacial score (nSPS) is 11.9. The molecule has 4 aromatic carbocycles. The highest BCUT2D eigenvalue weighted by molar-refractivity contribution is 8.00. The molecular weight excluding hydrogens is 526 g/mol. The quantitative estimate of drug-likeness (QED) is 0.199. The average Bonchev–Trinajstić information content (AvgIpc) is 3.58. The van der Waals surface area contributed by atoms with Crippen LogP contribution in [0.3, 0.4) is 0 Å². The summed E-state index contributed by atoms with van der Waals surface area (Å²) in [7, 11) is 0.